The Morgan fingerprint density at radius 2 is 2.12 bits per heavy atom. The number of piperazine rings is 1. The first-order chi connectivity index (χ1) is 8.02. The van der Waals surface area contributed by atoms with Crippen LogP contribution in [0.2, 0.25) is 0 Å². The van der Waals surface area contributed by atoms with Crippen LogP contribution < -0.4 is 5.32 Å². The van der Waals surface area contributed by atoms with E-state index in [0.29, 0.717) is 12.1 Å². The third kappa shape index (κ3) is 5.03. The number of likely N-dealkylation sites (N-methyl/N-ethyl adjacent to an activating group) is 1. The molecule has 2 unspecified atom stereocenters. The second-order valence-corrected chi connectivity index (χ2v) is 5.42. The van der Waals surface area contributed by atoms with Crippen molar-refractivity contribution in [2.75, 3.05) is 33.2 Å². The predicted octanol–water partition coefficient (Wildman–Crippen LogP) is 0.903. The van der Waals surface area contributed by atoms with E-state index in [1.165, 1.54) is 0 Å². The van der Waals surface area contributed by atoms with E-state index in [1.54, 1.807) is 0 Å². The van der Waals surface area contributed by atoms with Gasteiger partial charge in [-0.1, -0.05) is 0 Å². The highest BCUT2D eigenvalue weighted by atomic mass is 15.3. The highest BCUT2D eigenvalue weighted by molar-refractivity contribution is 4.91. The first-order valence-electron chi connectivity index (χ1n) is 6.61. The second kappa shape index (κ2) is 6.95. The number of hydrogen-bond donors (Lipinski definition) is 1. The van der Waals surface area contributed by atoms with Gasteiger partial charge in [0, 0.05) is 38.3 Å². The Hall–Kier alpha value is -0.630. The van der Waals surface area contributed by atoms with Crippen molar-refractivity contribution in [2.45, 2.75) is 45.3 Å². The van der Waals surface area contributed by atoms with Crippen molar-refractivity contribution in [3.05, 3.63) is 0 Å². The van der Waals surface area contributed by atoms with Gasteiger partial charge in [0.2, 0.25) is 0 Å². The van der Waals surface area contributed by atoms with Crippen molar-refractivity contribution in [3.8, 4) is 6.07 Å². The Bertz CT molecular complexity index is 259. The van der Waals surface area contributed by atoms with Crippen LogP contribution in [0.3, 0.4) is 0 Å². The summed E-state index contributed by atoms with van der Waals surface area (Å²) in [5.41, 5.74) is 0. The molecular weight excluding hydrogens is 212 g/mol. The van der Waals surface area contributed by atoms with Gasteiger partial charge >= 0.3 is 0 Å². The summed E-state index contributed by atoms with van der Waals surface area (Å²) in [5, 5.41) is 12.4. The number of nitrogens with zero attached hydrogens (tertiary/aromatic N) is 3. The summed E-state index contributed by atoms with van der Waals surface area (Å²) in [6, 6.07) is 3.34. The summed E-state index contributed by atoms with van der Waals surface area (Å²) in [4.78, 5) is 4.86. The van der Waals surface area contributed by atoms with Crippen molar-refractivity contribution in [1.29, 1.82) is 5.26 Å². The molecule has 0 aromatic rings. The van der Waals surface area contributed by atoms with E-state index in [0.717, 1.165) is 32.6 Å². The average molecular weight is 238 g/mol. The van der Waals surface area contributed by atoms with Gasteiger partial charge in [-0.05, 0) is 34.2 Å². The summed E-state index contributed by atoms with van der Waals surface area (Å²) in [6.07, 6.45) is 0.922. The molecule has 0 spiro atoms. The summed E-state index contributed by atoms with van der Waals surface area (Å²) in [6.45, 7) is 10.8. The van der Waals surface area contributed by atoms with Crippen LogP contribution in [0.4, 0.5) is 0 Å². The molecule has 0 bridgehead atoms. The maximum Gasteiger partial charge on any atom is 0.0967 e. The van der Waals surface area contributed by atoms with E-state index in [9.17, 15) is 0 Å². The van der Waals surface area contributed by atoms with Gasteiger partial charge < -0.3 is 9.80 Å². The minimum Gasteiger partial charge on any atom is -0.301 e. The Balaban J connectivity index is 2.28. The van der Waals surface area contributed by atoms with Gasteiger partial charge in [-0.3, -0.25) is 5.32 Å². The van der Waals surface area contributed by atoms with Crippen LogP contribution in [0.25, 0.3) is 0 Å². The van der Waals surface area contributed by atoms with E-state index in [4.69, 9.17) is 5.26 Å². The lowest BCUT2D eigenvalue weighted by Gasteiger charge is -2.38. The van der Waals surface area contributed by atoms with Crippen LogP contribution in [-0.4, -0.2) is 61.2 Å². The molecule has 0 radical (unpaired) electrons. The van der Waals surface area contributed by atoms with E-state index in [1.807, 2.05) is 0 Å². The van der Waals surface area contributed by atoms with Gasteiger partial charge in [0.1, 0.15) is 0 Å². The molecule has 1 aliphatic heterocycles. The molecular formula is C13H26N4. The fraction of sp³-hybridized carbons (Fsp3) is 0.923. The van der Waals surface area contributed by atoms with Crippen LogP contribution in [-0.2, 0) is 0 Å². The fourth-order valence-electron chi connectivity index (χ4n) is 2.23. The maximum atomic E-state index is 9.06. The number of hydrogen-bond acceptors (Lipinski definition) is 4. The predicted molar refractivity (Wildman–Crippen MR) is 70.8 cm³/mol. The van der Waals surface area contributed by atoms with Gasteiger partial charge in [0.05, 0.1) is 12.1 Å². The van der Waals surface area contributed by atoms with Gasteiger partial charge in [-0.2, -0.15) is 5.26 Å². The van der Waals surface area contributed by atoms with Gasteiger partial charge in [-0.25, -0.2) is 0 Å². The Morgan fingerprint density at radius 1 is 1.41 bits per heavy atom. The lowest BCUT2D eigenvalue weighted by atomic mass is 10.1. The van der Waals surface area contributed by atoms with Crippen molar-refractivity contribution in [1.82, 2.24) is 15.1 Å². The largest absolute Gasteiger partial charge is 0.301 e. The van der Waals surface area contributed by atoms with Crippen LogP contribution in [0.5, 0.6) is 0 Å². The first-order valence-corrected chi connectivity index (χ1v) is 6.61. The topological polar surface area (TPSA) is 42.3 Å². The smallest absolute Gasteiger partial charge is 0.0967 e. The molecule has 4 heteroatoms. The van der Waals surface area contributed by atoms with E-state index in [-0.39, 0.29) is 6.04 Å². The van der Waals surface area contributed by atoms with Gasteiger partial charge in [0.15, 0.2) is 0 Å². The van der Waals surface area contributed by atoms with Crippen molar-refractivity contribution < 1.29 is 0 Å². The first kappa shape index (κ1) is 14.4. The zero-order valence-electron chi connectivity index (χ0n) is 11.6. The summed E-state index contributed by atoms with van der Waals surface area (Å²) in [7, 11) is 2.18. The molecule has 0 aliphatic carbocycles. The minimum atomic E-state index is -0.00929. The third-order valence-electron chi connectivity index (χ3n) is 3.47. The molecule has 0 amide bonds. The zero-order valence-corrected chi connectivity index (χ0v) is 11.6. The molecule has 1 rings (SSSR count). The third-order valence-corrected chi connectivity index (χ3v) is 3.47. The molecule has 98 valence electrons. The highest BCUT2D eigenvalue weighted by Gasteiger charge is 2.21. The lowest BCUT2D eigenvalue weighted by molar-refractivity contribution is 0.103. The number of nitriles is 1. The average Bonchev–Trinajstić information content (AvgIpc) is 2.28. The standard InChI is InChI=1S/C13H26N4/c1-11(2)15-13(9-14)5-6-17-8-7-16(4)12(3)10-17/h11-13,15H,5-8,10H2,1-4H3. The van der Waals surface area contributed by atoms with Gasteiger partial charge in [0.25, 0.3) is 0 Å². The summed E-state index contributed by atoms with van der Waals surface area (Å²) >= 11 is 0. The monoisotopic (exact) mass is 238 g/mol. The molecule has 0 saturated carbocycles. The van der Waals surface area contributed by atoms with Gasteiger partial charge in [-0.15, -0.1) is 0 Å². The summed E-state index contributed by atoms with van der Waals surface area (Å²) in [5.74, 6) is 0. The van der Waals surface area contributed by atoms with Crippen molar-refractivity contribution in [3.63, 3.8) is 0 Å². The van der Waals surface area contributed by atoms with Crippen LogP contribution in [0.15, 0.2) is 0 Å². The summed E-state index contributed by atoms with van der Waals surface area (Å²) < 4.78 is 0. The van der Waals surface area contributed by atoms with Crippen LogP contribution in [0, 0.1) is 11.3 Å². The number of rotatable bonds is 5. The van der Waals surface area contributed by atoms with E-state index >= 15 is 0 Å². The Kier molecular flexibility index (Phi) is 5.90. The zero-order chi connectivity index (χ0) is 12.8. The van der Waals surface area contributed by atoms with Crippen molar-refractivity contribution >= 4 is 0 Å². The molecule has 1 N–H and O–H groups in total. The maximum absolute atomic E-state index is 9.06. The SMILES string of the molecule is CC(C)NC(C#N)CCN1CCN(C)C(C)C1. The lowest BCUT2D eigenvalue weighted by Crippen LogP contribution is -2.50. The molecule has 0 aromatic heterocycles. The molecule has 1 saturated heterocycles. The molecule has 0 aromatic carbocycles. The second-order valence-electron chi connectivity index (χ2n) is 5.42. The fourth-order valence-corrected chi connectivity index (χ4v) is 2.23. The quantitative estimate of drug-likeness (QED) is 0.773. The Labute approximate surface area is 106 Å². The number of nitrogens with one attached hydrogen (secondary N) is 1. The molecule has 2 atom stereocenters. The van der Waals surface area contributed by atoms with Crippen LogP contribution >= 0.6 is 0 Å². The molecule has 1 heterocycles. The minimum absolute atomic E-state index is 0.00929. The molecule has 4 nitrogen and oxygen atoms in total. The molecule has 17 heavy (non-hydrogen) atoms. The molecule has 1 fully saturated rings. The van der Waals surface area contributed by atoms with E-state index < -0.39 is 0 Å². The highest BCUT2D eigenvalue weighted by Crippen LogP contribution is 2.08. The Morgan fingerprint density at radius 3 is 2.65 bits per heavy atom. The van der Waals surface area contributed by atoms with E-state index in [2.05, 4.69) is 49.0 Å². The van der Waals surface area contributed by atoms with Crippen molar-refractivity contribution in [2.24, 2.45) is 0 Å². The normalized spacial score (nSPS) is 24.8. The van der Waals surface area contributed by atoms with Crippen LogP contribution in [0.1, 0.15) is 27.2 Å². The molecule has 1 aliphatic rings.